The molecular weight excluding hydrogens is 551 g/mol. The molecule has 1 fully saturated rings. The van der Waals surface area contributed by atoms with E-state index in [2.05, 4.69) is 31.2 Å². The third kappa shape index (κ3) is 7.27. The summed E-state index contributed by atoms with van der Waals surface area (Å²) in [6.07, 6.45) is 3.73. The fraction of sp³-hybridized carbons (Fsp3) is 0.172. The predicted molar refractivity (Wildman–Crippen MR) is 154 cm³/mol. The Morgan fingerprint density at radius 2 is 1.90 bits per heavy atom. The van der Waals surface area contributed by atoms with Crippen molar-refractivity contribution in [2.75, 3.05) is 29.0 Å². The molecule has 0 unspecified atom stereocenters. The van der Waals surface area contributed by atoms with Crippen LogP contribution in [0.5, 0.6) is 17.2 Å². The van der Waals surface area contributed by atoms with Crippen molar-refractivity contribution in [1.82, 2.24) is 15.3 Å². The molecule has 0 aliphatic carbocycles. The second-order valence-electron chi connectivity index (χ2n) is 9.16. The molecule has 41 heavy (non-hydrogen) atoms. The van der Waals surface area contributed by atoms with Crippen LogP contribution in [0.4, 0.5) is 27.4 Å². The van der Waals surface area contributed by atoms with Gasteiger partial charge in [0.05, 0.1) is 16.3 Å². The second-order valence-corrected chi connectivity index (χ2v) is 9.56. The van der Waals surface area contributed by atoms with Crippen LogP contribution in [0.15, 0.2) is 73.1 Å². The quantitative estimate of drug-likeness (QED) is 0.198. The monoisotopic (exact) mass is 576 g/mol. The van der Waals surface area contributed by atoms with Crippen molar-refractivity contribution >= 4 is 46.4 Å². The molecule has 4 aromatic rings. The van der Waals surface area contributed by atoms with Crippen LogP contribution in [0.1, 0.15) is 23.7 Å². The number of carbonyl (C=O) groups excluding carboxylic acids is 2. The van der Waals surface area contributed by atoms with Crippen LogP contribution in [0, 0.1) is 5.82 Å². The third-order valence-corrected chi connectivity index (χ3v) is 6.31. The molecule has 1 aliphatic rings. The molecular formula is C29H26ClFN6O4. The zero-order valence-electron chi connectivity index (χ0n) is 21.9. The van der Waals surface area contributed by atoms with Gasteiger partial charge in [-0.15, -0.1) is 0 Å². The maximum Gasteiger partial charge on any atom is 0.259 e. The van der Waals surface area contributed by atoms with Crippen LogP contribution in [0.2, 0.25) is 5.02 Å². The highest BCUT2D eigenvalue weighted by atomic mass is 35.5. The highest BCUT2D eigenvalue weighted by Gasteiger charge is 2.20. The summed E-state index contributed by atoms with van der Waals surface area (Å²) in [5.41, 5.74) is 1.16. The molecule has 3 heterocycles. The van der Waals surface area contributed by atoms with Gasteiger partial charge in [0.2, 0.25) is 5.91 Å². The Balaban J connectivity index is 1.30. The van der Waals surface area contributed by atoms with Gasteiger partial charge in [0.25, 0.3) is 5.91 Å². The molecule has 1 aliphatic heterocycles. The van der Waals surface area contributed by atoms with Gasteiger partial charge >= 0.3 is 0 Å². The number of nitrogens with zero attached hydrogens (tertiary/aromatic N) is 2. The number of hydrogen-bond acceptors (Lipinski definition) is 8. The van der Waals surface area contributed by atoms with Gasteiger partial charge in [0.1, 0.15) is 40.8 Å². The summed E-state index contributed by atoms with van der Waals surface area (Å²) >= 11 is 6.48. The molecule has 1 atom stereocenters. The van der Waals surface area contributed by atoms with Crippen LogP contribution in [-0.4, -0.2) is 41.0 Å². The molecule has 5 rings (SSSR count). The van der Waals surface area contributed by atoms with Crippen molar-refractivity contribution in [2.24, 2.45) is 0 Å². The van der Waals surface area contributed by atoms with Gasteiger partial charge < -0.3 is 30.7 Å². The number of ether oxygens (including phenoxy) is 2. The Morgan fingerprint density at radius 1 is 1.02 bits per heavy atom. The van der Waals surface area contributed by atoms with E-state index in [1.807, 2.05) is 0 Å². The van der Waals surface area contributed by atoms with E-state index >= 15 is 0 Å². The number of amides is 2. The fourth-order valence-corrected chi connectivity index (χ4v) is 4.35. The first-order chi connectivity index (χ1) is 19.8. The maximum absolute atomic E-state index is 14.0. The lowest BCUT2D eigenvalue weighted by molar-refractivity contribution is -0.114. The summed E-state index contributed by atoms with van der Waals surface area (Å²) in [5, 5.41) is 12.0. The minimum absolute atomic E-state index is 0.113. The van der Waals surface area contributed by atoms with Crippen molar-refractivity contribution in [2.45, 2.75) is 19.4 Å². The molecule has 0 radical (unpaired) electrons. The Labute approximate surface area is 240 Å². The van der Waals surface area contributed by atoms with Crippen molar-refractivity contribution in [3.05, 3.63) is 89.5 Å². The molecule has 12 heteroatoms. The smallest absolute Gasteiger partial charge is 0.259 e. The van der Waals surface area contributed by atoms with Gasteiger partial charge in [-0.05, 0) is 61.5 Å². The largest absolute Gasteiger partial charge is 0.487 e. The van der Waals surface area contributed by atoms with Gasteiger partial charge in [0, 0.05) is 43.7 Å². The normalized spacial score (nSPS) is 14.3. The average Bonchev–Trinajstić information content (AvgIpc) is 3.45. The third-order valence-electron chi connectivity index (χ3n) is 6.01. The lowest BCUT2D eigenvalue weighted by Crippen LogP contribution is -2.21. The zero-order valence-corrected chi connectivity index (χ0v) is 22.7. The van der Waals surface area contributed by atoms with E-state index in [0.717, 1.165) is 13.0 Å². The topological polar surface area (TPSA) is 126 Å². The average molecular weight is 577 g/mol. The van der Waals surface area contributed by atoms with Gasteiger partial charge in [-0.2, -0.15) is 0 Å². The molecule has 2 aromatic heterocycles. The van der Waals surface area contributed by atoms with E-state index in [0.29, 0.717) is 40.3 Å². The molecule has 4 N–H and O–H groups in total. The van der Waals surface area contributed by atoms with Gasteiger partial charge in [-0.25, -0.2) is 14.4 Å². The van der Waals surface area contributed by atoms with Gasteiger partial charge in [0.15, 0.2) is 0 Å². The van der Waals surface area contributed by atoms with Crippen LogP contribution >= 0.6 is 11.6 Å². The molecule has 0 saturated carbocycles. The second kappa shape index (κ2) is 12.6. The van der Waals surface area contributed by atoms with Gasteiger partial charge in [-0.1, -0.05) is 11.6 Å². The lowest BCUT2D eigenvalue weighted by atomic mass is 10.2. The summed E-state index contributed by atoms with van der Waals surface area (Å²) < 4.78 is 25.8. The van der Waals surface area contributed by atoms with E-state index in [4.69, 9.17) is 21.1 Å². The number of rotatable bonds is 9. The summed E-state index contributed by atoms with van der Waals surface area (Å²) in [6, 6.07) is 15.5. The van der Waals surface area contributed by atoms with Crippen molar-refractivity contribution in [1.29, 1.82) is 0 Å². The van der Waals surface area contributed by atoms with Crippen LogP contribution < -0.4 is 30.7 Å². The predicted octanol–water partition coefficient (Wildman–Crippen LogP) is 5.76. The first-order valence-corrected chi connectivity index (χ1v) is 13.1. The minimum Gasteiger partial charge on any atom is -0.487 e. The Hall–Kier alpha value is -4.74. The van der Waals surface area contributed by atoms with Crippen LogP contribution in [0.25, 0.3) is 0 Å². The number of halogens is 2. The van der Waals surface area contributed by atoms with Crippen molar-refractivity contribution in [3.8, 4) is 17.2 Å². The van der Waals surface area contributed by atoms with Crippen LogP contribution in [0.3, 0.4) is 0 Å². The van der Waals surface area contributed by atoms with Gasteiger partial charge in [-0.3, -0.25) is 9.59 Å². The number of anilines is 4. The summed E-state index contributed by atoms with van der Waals surface area (Å²) in [5.74, 6) is 0.522. The molecule has 2 amide bonds. The first kappa shape index (κ1) is 27.8. The molecule has 0 bridgehead atoms. The number of aromatic nitrogens is 2. The lowest BCUT2D eigenvalue weighted by Gasteiger charge is -2.17. The number of pyridine rings is 2. The molecule has 2 aromatic carbocycles. The fourth-order valence-electron chi connectivity index (χ4n) is 4.13. The van der Waals surface area contributed by atoms with Crippen molar-refractivity contribution in [3.63, 3.8) is 0 Å². The molecule has 0 spiro atoms. The number of nitrogens with one attached hydrogen (secondary N) is 4. The summed E-state index contributed by atoms with van der Waals surface area (Å²) in [4.78, 5) is 33.0. The van der Waals surface area contributed by atoms with E-state index in [1.54, 1.807) is 48.7 Å². The van der Waals surface area contributed by atoms with Crippen LogP contribution in [-0.2, 0) is 4.79 Å². The van der Waals surface area contributed by atoms with Crippen molar-refractivity contribution < 1.29 is 23.5 Å². The highest BCUT2D eigenvalue weighted by Crippen LogP contribution is 2.34. The molecule has 1 saturated heterocycles. The number of hydrogen-bond donors (Lipinski definition) is 4. The summed E-state index contributed by atoms with van der Waals surface area (Å²) in [7, 11) is 0. The Kier molecular flexibility index (Phi) is 8.56. The van der Waals surface area contributed by atoms with E-state index in [-0.39, 0.29) is 29.1 Å². The Bertz CT molecular complexity index is 1580. The first-order valence-electron chi connectivity index (χ1n) is 12.8. The molecule has 10 nitrogen and oxygen atoms in total. The van der Waals surface area contributed by atoms with E-state index in [1.165, 1.54) is 31.3 Å². The maximum atomic E-state index is 14.0. The standard InChI is InChI=1S/C29H26ClFN6O4/c1-17(38)35-27-15-20(9-12-33-27)40-25-7-5-19(14-23(25)30)36-28-22(3-2-10-34-28)29(39)37-24-6-4-18(31)13-26(24)41-21-8-11-32-16-21/h2-7,9-10,12-15,21,32H,8,11,16H2,1H3,(H,34,36)(H,37,39)(H,33,35,38)/t21-/m0/s1. The SMILES string of the molecule is CC(=O)Nc1cc(Oc2ccc(Nc3ncccc3C(=O)Nc3ccc(F)cc3O[C@H]3CCNC3)cc2Cl)ccn1. The number of benzene rings is 2. The Morgan fingerprint density at radius 3 is 2.68 bits per heavy atom. The zero-order chi connectivity index (χ0) is 28.8. The minimum atomic E-state index is -0.464. The van der Waals surface area contributed by atoms with E-state index < -0.39 is 11.7 Å². The number of carbonyl (C=O) groups is 2. The molecule has 210 valence electrons. The van der Waals surface area contributed by atoms with E-state index in [9.17, 15) is 14.0 Å². The highest BCUT2D eigenvalue weighted by molar-refractivity contribution is 6.32. The summed E-state index contributed by atoms with van der Waals surface area (Å²) in [6.45, 7) is 2.85.